The van der Waals surface area contributed by atoms with Gasteiger partial charge in [-0.15, -0.1) is 0 Å². The van der Waals surface area contributed by atoms with Crippen LogP contribution < -0.4 is 14.9 Å². The zero-order valence-corrected chi connectivity index (χ0v) is 10.9. The second-order valence-corrected chi connectivity index (χ2v) is 3.35. The Morgan fingerprint density at radius 1 is 1.50 bits per heavy atom. The third kappa shape index (κ3) is 4.71. The highest BCUT2D eigenvalue weighted by Gasteiger charge is 2.14. The average Bonchev–Trinajstić information content (AvgIpc) is 2.40. The highest BCUT2D eigenvalue weighted by molar-refractivity contribution is 5.85. The number of ether oxygens (including phenoxy) is 3. The topological polar surface area (TPSA) is 69.2 Å². The van der Waals surface area contributed by atoms with Crippen LogP contribution in [-0.2, 0) is 4.74 Å². The molecule has 0 spiro atoms. The molecule has 0 aliphatic heterocycles. The number of nitrogens with one attached hydrogen (secondary N) is 1. The number of amides is 1. The lowest BCUT2D eigenvalue weighted by atomic mass is 10.2. The Kier molecular flexibility index (Phi) is 6.21. The van der Waals surface area contributed by atoms with Crippen molar-refractivity contribution in [2.75, 3.05) is 13.7 Å². The Labute approximate surface area is 114 Å². The van der Waals surface area contributed by atoms with Crippen molar-refractivity contribution in [2.45, 2.75) is 13.5 Å². The summed E-state index contributed by atoms with van der Waals surface area (Å²) in [6, 6.07) is 4.52. The Morgan fingerprint density at radius 3 is 2.85 bits per heavy atom. The van der Waals surface area contributed by atoms with E-state index < -0.39 is 12.7 Å². The molecule has 0 aliphatic rings. The fourth-order valence-electron chi connectivity index (χ4n) is 1.33. The fraction of sp³-hybridized carbons (Fsp3) is 0.333. The molecule has 0 saturated carbocycles. The Bertz CT molecular complexity index is 481. The number of carbonyl (C=O) groups excluding carboxylic acids is 1. The van der Waals surface area contributed by atoms with Crippen LogP contribution in [0.25, 0.3) is 0 Å². The minimum Gasteiger partial charge on any atom is -0.493 e. The van der Waals surface area contributed by atoms with Gasteiger partial charge in [-0.2, -0.15) is 13.9 Å². The van der Waals surface area contributed by atoms with Gasteiger partial charge in [0.1, 0.15) is 0 Å². The standard InChI is InChI=1S/C12H14F2N2O4/c1-3-19-12(17)16-15-7-8-5-4-6-9(18-2)10(8)20-11(13)14/h4-7,11H,3H2,1-2H3,(H,16,17)/b15-7-. The maximum Gasteiger partial charge on any atom is 0.427 e. The summed E-state index contributed by atoms with van der Waals surface area (Å²) < 4.78 is 38.6. The SMILES string of the molecule is CCOC(=O)N/N=C\c1cccc(OC)c1OC(F)F. The second kappa shape index (κ2) is 7.93. The van der Waals surface area contributed by atoms with Crippen LogP contribution in [-0.4, -0.2) is 32.6 Å². The van der Waals surface area contributed by atoms with E-state index in [-0.39, 0.29) is 23.7 Å². The number of methoxy groups -OCH3 is 1. The summed E-state index contributed by atoms with van der Waals surface area (Å²) in [4.78, 5) is 11.0. The maximum absolute atomic E-state index is 12.4. The fourth-order valence-corrected chi connectivity index (χ4v) is 1.33. The van der Waals surface area contributed by atoms with E-state index in [4.69, 9.17) is 4.74 Å². The van der Waals surface area contributed by atoms with Gasteiger partial charge in [-0.25, -0.2) is 10.2 Å². The van der Waals surface area contributed by atoms with Gasteiger partial charge in [0.2, 0.25) is 0 Å². The first kappa shape index (κ1) is 15.7. The average molecular weight is 288 g/mol. The third-order valence-corrected chi connectivity index (χ3v) is 2.07. The van der Waals surface area contributed by atoms with E-state index in [0.29, 0.717) is 0 Å². The molecule has 0 bridgehead atoms. The quantitative estimate of drug-likeness (QED) is 0.644. The molecular formula is C12H14F2N2O4. The molecule has 1 aromatic carbocycles. The first-order valence-corrected chi connectivity index (χ1v) is 5.66. The molecule has 20 heavy (non-hydrogen) atoms. The van der Waals surface area contributed by atoms with Crippen LogP contribution in [0.15, 0.2) is 23.3 Å². The number of hydrogen-bond donors (Lipinski definition) is 1. The van der Waals surface area contributed by atoms with Crippen LogP contribution >= 0.6 is 0 Å². The van der Waals surface area contributed by atoms with Crippen LogP contribution in [0.3, 0.4) is 0 Å². The van der Waals surface area contributed by atoms with E-state index in [0.717, 1.165) is 6.21 Å². The van der Waals surface area contributed by atoms with Crippen molar-refractivity contribution >= 4 is 12.3 Å². The second-order valence-electron chi connectivity index (χ2n) is 3.35. The van der Waals surface area contributed by atoms with Crippen molar-refractivity contribution in [1.82, 2.24) is 5.43 Å². The zero-order chi connectivity index (χ0) is 15.0. The molecule has 1 N–H and O–H groups in total. The van der Waals surface area contributed by atoms with Crippen LogP contribution in [0, 0.1) is 0 Å². The molecule has 0 fully saturated rings. The highest BCUT2D eigenvalue weighted by atomic mass is 19.3. The van der Waals surface area contributed by atoms with Gasteiger partial charge in [0, 0.05) is 5.56 Å². The molecule has 0 aromatic heterocycles. The largest absolute Gasteiger partial charge is 0.493 e. The number of nitrogens with zero attached hydrogens (tertiary/aromatic N) is 1. The van der Waals surface area contributed by atoms with Crippen LogP contribution in [0.1, 0.15) is 12.5 Å². The highest BCUT2D eigenvalue weighted by Crippen LogP contribution is 2.31. The molecule has 6 nitrogen and oxygen atoms in total. The summed E-state index contributed by atoms with van der Waals surface area (Å²) in [7, 11) is 1.32. The molecule has 0 radical (unpaired) electrons. The van der Waals surface area contributed by atoms with Crippen molar-refractivity contribution in [3.8, 4) is 11.5 Å². The van der Waals surface area contributed by atoms with Gasteiger partial charge in [0.05, 0.1) is 19.9 Å². The van der Waals surface area contributed by atoms with Crippen LogP contribution in [0.4, 0.5) is 13.6 Å². The summed E-state index contributed by atoms with van der Waals surface area (Å²) in [6.07, 6.45) is 0.403. The van der Waals surface area contributed by atoms with Crippen molar-refractivity contribution in [3.63, 3.8) is 0 Å². The molecule has 0 saturated heterocycles. The normalized spacial score (nSPS) is 10.7. The number of hydrogen-bond acceptors (Lipinski definition) is 5. The summed E-state index contributed by atoms with van der Waals surface area (Å²) in [5.41, 5.74) is 2.30. The monoisotopic (exact) mass is 288 g/mol. The number of para-hydroxylation sites is 1. The van der Waals surface area contributed by atoms with Crippen molar-refractivity contribution in [2.24, 2.45) is 5.10 Å². The zero-order valence-electron chi connectivity index (χ0n) is 10.9. The van der Waals surface area contributed by atoms with Gasteiger partial charge >= 0.3 is 12.7 Å². The number of hydrazone groups is 1. The van der Waals surface area contributed by atoms with Gasteiger partial charge in [0.25, 0.3) is 0 Å². The number of carbonyl (C=O) groups is 1. The molecule has 0 unspecified atom stereocenters. The van der Waals surface area contributed by atoms with E-state index in [9.17, 15) is 13.6 Å². The Balaban J connectivity index is 2.87. The molecule has 1 aromatic rings. The van der Waals surface area contributed by atoms with E-state index in [1.54, 1.807) is 13.0 Å². The first-order chi connectivity index (χ1) is 9.58. The van der Waals surface area contributed by atoms with Crippen LogP contribution in [0.5, 0.6) is 11.5 Å². The van der Waals surface area contributed by atoms with E-state index in [1.165, 1.54) is 19.2 Å². The van der Waals surface area contributed by atoms with Gasteiger partial charge in [0.15, 0.2) is 11.5 Å². The van der Waals surface area contributed by atoms with Gasteiger partial charge < -0.3 is 14.2 Å². The van der Waals surface area contributed by atoms with E-state index in [1.807, 2.05) is 0 Å². The van der Waals surface area contributed by atoms with Crippen molar-refractivity contribution in [3.05, 3.63) is 23.8 Å². The van der Waals surface area contributed by atoms with Gasteiger partial charge in [-0.3, -0.25) is 0 Å². The molecular weight excluding hydrogens is 274 g/mol. The summed E-state index contributed by atoms with van der Waals surface area (Å²) >= 11 is 0. The molecule has 1 amide bonds. The predicted octanol–water partition coefficient (Wildman–Crippen LogP) is 2.38. The lowest BCUT2D eigenvalue weighted by Gasteiger charge is -2.11. The van der Waals surface area contributed by atoms with Crippen molar-refractivity contribution < 1.29 is 27.8 Å². The van der Waals surface area contributed by atoms with Crippen LogP contribution in [0.2, 0.25) is 0 Å². The first-order valence-electron chi connectivity index (χ1n) is 5.66. The molecule has 8 heteroatoms. The minimum absolute atomic E-state index is 0.130. The number of rotatable bonds is 6. The summed E-state index contributed by atoms with van der Waals surface area (Å²) in [5, 5.41) is 3.57. The Morgan fingerprint density at radius 2 is 2.25 bits per heavy atom. The molecule has 0 aliphatic carbocycles. The number of alkyl halides is 2. The molecule has 0 atom stereocenters. The minimum atomic E-state index is -3.00. The predicted molar refractivity (Wildman–Crippen MR) is 67.4 cm³/mol. The summed E-state index contributed by atoms with van der Waals surface area (Å²) in [6.45, 7) is -1.17. The lowest BCUT2D eigenvalue weighted by molar-refractivity contribution is -0.0513. The lowest BCUT2D eigenvalue weighted by Crippen LogP contribution is -2.18. The maximum atomic E-state index is 12.4. The van der Waals surface area contributed by atoms with Gasteiger partial charge in [-0.1, -0.05) is 6.07 Å². The molecule has 0 heterocycles. The smallest absolute Gasteiger partial charge is 0.427 e. The van der Waals surface area contributed by atoms with Crippen molar-refractivity contribution in [1.29, 1.82) is 0 Å². The Hall–Kier alpha value is -2.38. The van der Waals surface area contributed by atoms with E-state index in [2.05, 4.69) is 20.0 Å². The molecule has 110 valence electrons. The number of benzene rings is 1. The van der Waals surface area contributed by atoms with Gasteiger partial charge in [-0.05, 0) is 19.1 Å². The summed E-state index contributed by atoms with van der Waals surface area (Å²) in [5.74, 6) is -0.0372. The number of halogens is 2. The van der Waals surface area contributed by atoms with E-state index >= 15 is 0 Å². The third-order valence-electron chi connectivity index (χ3n) is 2.07. The molecule has 1 rings (SSSR count).